The molecule has 8 heteroatoms. The number of hydrogen-bond donors (Lipinski definition) is 2. The fourth-order valence-electron chi connectivity index (χ4n) is 2.23. The van der Waals surface area contributed by atoms with Crippen molar-refractivity contribution in [1.29, 1.82) is 0 Å². The summed E-state index contributed by atoms with van der Waals surface area (Å²) in [7, 11) is -2.39. The van der Waals surface area contributed by atoms with Gasteiger partial charge in [0.1, 0.15) is 0 Å². The lowest BCUT2D eigenvalue weighted by atomic mass is 10.1. The van der Waals surface area contributed by atoms with Crippen LogP contribution in [0, 0.1) is 0 Å². The number of hydrogen-bond acceptors (Lipinski definition) is 5. The number of carbonyl (C=O) groups excluding carboxylic acids is 2. The van der Waals surface area contributed by atoms with Crippen molar-refractivity contribution < 1.29 is 22.7 Å². The molecular formula is C18H20N2O5S. The predicted molar refractivity (Wildman–Crippen MR) is 96.0 cm³/mol. The van der Waals surface area contributed by atoms with E-state index in [4.69, 9.17) is 4.74 Å². The van der Waals surface area contributed by atoms with E-state index in [0.29, 0.717) is 0 Å². The van der Waals surface area contributed by atoms with Crippen molar-refractivity contribution in [3.8, 4) is 0 Å². The van der Waals surface area contributed by atoms with Crippen LogP contribution in [-0.2, 0) is 19.6 Å². The SMILES string of the molecule is CNS(=O)(=O)c1cccc(C(=O)OCC(=O)N[C@H](C)c2ccccc2)c1. The molecule has 0 heterocycles. The van der Waals surface area contributed by atoms with E-state index in [1.54, 1.807) is 0 Å². The fourth-order valence-corrected chi connectivity index (χ4v) is 3.01. The van der Waals surface area contributed by atoms with Gasteiger partial charge in [0.25, 0.3) is 5.91 Å². The van der Waals surface area contributed by atoms with E-state index in [1.165, 1.54) is 31.3 Å². The largest absolute Gasteiger partial charge is 0.452 e. The number of benzene rings is 2. The maximum absolute atomic E-state index is 12.1. The first kappa shape index (κ1) is 19.6. The smallest absolute Gasteiger partial charge is 0.338 e. The van der Waals surface area contributed by atoms with Crippen LogP contribution in [0.5, 0.6) is 0 Å². The molecule has 0 aliphatic rings. The van der Waals surface area contributed by atoms with Gasteiger partial charge in [0, 0.05) is 0 Å². The Balaban J connectivity index is 1.94. The third kappa shape index (κ3) is 5.14. The van der Waals surface area contributed by atoms with Gasteiger partial charge in [-0.2, -0.15) is 0 Å². The zero-order valence-corrected chi connectivity index (χ0v) is 15.2. The van der Waals surface area contributed by atoms with Gasteiger partial charge in [0.15, 0.2) is 6.61 Å². The molecule has 0 radical (unpaired) electrons. The molecule has 0 unspecified atom stereocenters. The maximum Gasteiger partial charge on any atom is 0.338 e. The third-order valence-corrected chi connectivity index (χ3v) is 5.07. The molecule has 1 amide bonds. The van der Waals surface area contributed by atoms with E-state index in [1.807, 2.05) is 37.3 Å². The second kappa shape index (κ2) is 8.59. The highest BCUT2D eigenvalue weighted by Crippen LogP contribution is 2.13. The second-order valence-electron chi connectivity index (χ2n) is 5.51. The lowest BCUT2D eigenvalue weighted by Crippen LogP contribution is -2.31. The van der Waals surface area contributed by atoms with Crippen LogP contribution in [0.1, 0.15) is 28.9 Å². The summed E-state index contributed by atoms with van der Waals surface area (Å²) in [5.74, 6) is -1.23. The van der Waals surface area contributed by atoms with Crippen molar-refractivity contribution in [3.05, 3.63) is 65.7 Å². The molecule has 0 aliphatic heterocycles. The Labute approximate surface area is 152 Å². The first-order valence-corrected chi connectivity index (χ1v) is 9.37. The van der Waals surface area contributed by atoms with Crippen molar-refractivity contribution >= 4 is 21.9 Å². The number of esters is 1. The Morgan fingerprint density at radius 1 is 1.08 bits per heavy atom. The average Bonchev–Trinajstić information content (AvgIpc) is 2.66. The van der Waals surface area contributed by atoms with Gasteiger partial charge in [-0.3, -0.25) is 4.79 Å². The first-order chi connectivity index (χ1) is 12.3. The summed E-state index contributed by atoms with van der Waals surface area (Å²) in [6.07, 6.45) is 0. The Hall–Kier alpha value is -2.71. The molecule has 0 bridgehead atoms. The van der Waals surface area contributed by atoms with Crippen molar-refractivity contribution in [3.63, 3.8) is 0 Å². The topological polar surface area (TPSA) is 102 Å². The van der Waals surface area contributed by atoms with E-state index in [2.05, 4.69) is 10.0 Å². The Morgan fingerprint density at radius 2 is 1.77 bits per heavy atom. The summed E-state index contributed by atoms with van der Waals surface area (Å²) in [5, 5.41) is 2.73. The molecule has 7 nitrogen and oxygen atoms in total. The Bertz CT molecular complexity index is 881. The van der Waals surface area contributed by atoms with E-state index < -0.39 is 28.5 Å². The predicted octanol–water partition coefficient (Wildman–Crippen LogP) is 1.63. The molecule has 2 N–H and O–H groups in total. The second-order valence-corrected chi connectivity index (χ2v) is 7.40. The quantitative estimate of drug-likeness (QED) is 0.715. The van der Waals surface area contributed by atoms with Crippen LogP contribution in [0.25, 0.3) is 0 Å². The van der Waals surface area contributed by atoms with Crippen LogP contribution < -0.4 is 10.0 Å². The van der Waals surface area contributed by atoms with Crippen LogP contribution in [0.2, 0.25) is 0 Å². The van der Waals surface area contributed by atoms with E-state index in [-0.39, 0.29) is 16.5 Å². The molecule has 2 rings (SSSR count). The summed E-state index contributed by atoms with van der Waals surface area (Å²) >= 11 is 0. The van der Waals surface area contributed by atoms with Crippen LogP contribution in [-0.4, -0.2) is 33.9 Å². The normalized spacial score (nSPS) is 12.2. The van der Waals surface area contributed by atoms with Gasteiger partial charge in [-0.15, -0.1) is 0 Å². The van der Waals surface area contributed by atoms with Gasteiger partial charge in [0.05, 0.1) is 16.5 Å². The van der Waals surface area contributed by atoms with Crippen molar-refractivity contribution in [2.24, 2.45) is 0 Å². The number of sulfonamides is 1. The van der Waals surface area contributed by atoms with Gasteiger partial charge in [-0.1, -0.05) is 36.4 Å². The van der Waals surface area contributed by atoms with Crippen LogP contribution in [0.15, 0.2) is 59.5 Å². The molecule has 2 aromatic rings. The number of rotatable bonds is 7. The monoisotopic (exact) mass is 376 g/mol. The third-order valence-electron chi connectivity index (χ3n) is 3.66. The van der Waals surface area contributed by atoms with Gasteiger partial charge in [-0.25, -0.2) is 17.9 Å². The molecule has 26 heavy (non-hydrogen) atoms. The van der Waals surface area contributed by atoms with Crippen molar-refractivity contribution in [2.75, 3.05) is 13.7 Å². The number of amides is 1. The fraction of sp³-hybridized carbons (Fsp3) is 0.222. The summed E-state index contributed by atoms with van der Waals surface area (Å²) in [5.41, 5.74) is 0.974. The molecular weight excluding hydrogens is 356 g/mol. The average molecular weight is 376 g/mol. The van der Waals surface area contributed by atoms with Crippen LogP contribution in [0.3, 0.4) is 0 Å². The van der Waals surface area contributed by atoms with E-state index >= 15 is 0 Å². The molecule has 0 fully saturated rings. The molecule has 0 aromatic heterocycles. The highest BCUT2D eigenvalue weighted by atomic mass is 32.2. The van der Waals surface area contributed by atoms with Crippen LogP contribution in [0.4, 0.5) is 0 Å². The zero-order valence-electron chi connectivity index (χ0n) is 14.4. The highest BCUT2D eigenvalue weighted by Gasteiger charge is 2.16. The van der Waals surface area contributed by atoms with Gasteiger partial charge in [0.2, 0.25) is 10.0 Å². The standard InChI is InChI=1S/C18H20N2O5S/c1-13(14-7-4-3-5-8-14)20-17(21)12-25-18(22)15-9-6-10-16(11-15)26(23,24)19-2/h3-11,13,19H,12H2,1-2H3,(H,20,21)/t13-/m1/s1. The summed E-state index contributed by atoms with van der Waals surface area (Å²) in [6.45, 7) is 1.36. The first-order valence-electron chi connectivity index (χ1n) is 7.88. The van der Waals surface area contributed by atoms with E-state index in [9.17, 15) is 18.0 Å². The Morgan fingerprint density at radius 3 is 2.42 bits per heavy atom. The lowest BCUT2D eigenvalue weighted by Gasteiger charge is -2.14. The molecule has 1 atom stereocenters. The minimum atomic E-state index is -3.67. The van der Waals surface area contributed by atoms with Gasteiger partial charge in [-0.05, 0) is 37.7 Å². The summed E-state index contributed by atoms with van der Waals surface area (Å²) in [4.78, 5) is 23.9. The van der Waals surface area contributed by atoms with Crippen molar-refractivity contribution in [2.45, 2.75) is 17.9 Å². The molecule has 138 valence electrons. The number of ether oxygens (including phenoxy) is 1. The molecule has 0 aliphatic carbocycles. The summed E-state index contributed by atoms with van der Waals surface area (Å²) < 4.78 is 30.7. The van der Waals surface area contributed by atoms with Gasteiger partial charge < -0.3 is 10.1 Å². The van der Waals surface area contributed by atoms with E-state index in [0.717, 1.165) is 5.56 Å². The lowest BCUT2D eigenvalue weighted by molar-refractivity contribution is -0.124. The molecule has 2 aromatic carbocycles. The zero-order chi connectivity index (χ0) is 19.2. The Kier molecular flexibility index (Phi) is 6.48. The number of nitrogens with one attached hydrogen (secondary N) is 2. The maximum atomic E-state index is 12.1. The number of carbonyl (C=O) groups is 2. The minimum Gasteiger partial charge on any atom is -0.452 e. The van der Waals surface area contributed by atoms with Crippen LogP contribution >= 0.6 is 0 Å². The van der Waals surface area contributed by atoms with Gasteiger partial charge >= 0.3 is 5.97 Å². The molecule has 0 saturated heterocycles. The molecule has 0 saturated carbocycles. The molecule has 0 spiro atoms. The minimum absolute atomic E-state index is 0.0465. The van der Waals surface area contributed by atoms with Crippen molar-refractivity contribution in [1.82, 2.24) is 10.0 Å². The summed E-state index contributed by atoms with van der Waals surface area (Å²) in [6, 6.07) is 14.5. The highest BCUT2D eigenvalue weighted by molar-refractivity contribution is 7.89.